The van der Waals surface area contributed by atoms with Crippen molar-refractivity contribution in [3.05, 3.63) is 29.8 Å². The van der Waals surface area contributed by atoms with Crippen LogP contribution in [-0.4, -0.2) is 56.2 Å². The topological polar surface area (TPSA) is 15.7 Å². The lowest BCUT2D eigenvalue weighted by Crippen LogP contribution is -2.47. The van der Waals surface area contributed by atoms with Crippen molar-refractivity contribution in [2.45, 2.75) is 44.7 Å². The number of hydrogen-bond acceptors (Lipinski definition) is 3. The first-order valence-corrected chi connectivity index (χ1v) is 8.05. The summed E-state index contributed by atoms with van der Waals surface area (Å²) in [5.74, 6) is 1.49. The van der Waals surface area contributed by atoms with Gasteiger partial charge in [0.25, 0.3) is 0 Å². The van der Waals surface area contributed by atoms with E-state index in [4.69, 9.17) is 4.74 Å². The highest BCUT2D eigenvalue weighted by Gasteiger charge is 2.26. The van der Waals surface area contributed by atoms with Gasteiger partial charge in [0, 0.05) is 18.6 Å². The Morgan fingerprint density at radius 1 is 1.33 bits per heavy atom. The van der Waals surface area contributed by atoms with Crippen LogP contribution in [-0.2, 0) is 0 Å². The normalized spacial score (nSPS) is 25.0. The summed E-state index contributed by atoms with van der Waals surface area (Å²) in [6.45, 7) is 6.99. The molecular formula is C18H30N2O. The highest BCUT2D eigenvalue weighted by Crippen LogP contribution is 2.24. The van der Waals surface area contributed by atoms with Gasteiger partial charge in [-0.3, -0.25) is 0 Å². The molecule has 3 atom stereocenters. The van der Waals surface area contributed by atoms with Gasteiger partial charge in [0.05, 0.1) is 7.11 Å². The van der Waals surface area contributed by atoms with Gasteiger partial charge in [0.15, 0.2) is 0 Å². The first kappa shape index (κ1) is 16.3. The zero-order valence-electron chi connectivity index (χ0n) is 14.2. The molecule has 0 aliphatic carbocycles. The molecule has 1 saturated heterocycles. The van der Waals surface area contributed by atoms with Gasteiger partial charge in [-0.1, -0.05) is 19.1 Å². The lowest BCUT2D eigenvalue weighted by atomic mass is 9.95. The van der Waals surface area contributed by atoms with Crippen molar-refractivity contribution in [3.63, 3.8) is 0 Å². The summed E-state index contributed by atoms with van der Waals surface area (Å²) < 4.78 is 5.23. The van der Waals surface area contributed by atoms with E-state index in [0.717, 1.165) is 18.3 Å². The molecule has 0 radical (unpaired) electrons. The second-order valence-corrected chi connectivity index (χ2v) is 6.62. The summed E-state index contributed by atoms with van der Waals surface area (Å²) in [4.78, 5) is 5.02. The Morgan fingerprint density at radius 2 is 2.00 bits per heavy atom. The highest BCUT2D eigenvalue weighted by atomic mass is 16.5. The van der Waals surface area contributed by atoms with Crippen LogP contribution in [0.15, 0.2) is 24.3 Å². The number of nitrogens with zero attached hydrogens (tertiary/aromatic N) is 2. The van der Waals surface area contributed by atoms with Crippen molar-refractivity contribution in [1.82, 2.24) is 9.80 Å². The Kier molecular flexibility index (Phi) is 5.65. The molecule has 1 aromatic carbocycles. The second-order valence-electron chi connectivity index (χ2n) is 6.62. The summed E-state index contributed by atoms with van der Waals surface area (Å²) in [5.41, 5.74) is 1.39. The predicted octanol–water partition coefficient (Wildman–Crippen LogP) is 3.21. The molecule has 1 fully saturated rings. The average Bonchev–Trinajstić information content (AvgIpc) is 2.50. The molecule has 1 aliphatic heterocycles. The van der Waals surface area contributed by atoms with Crippen molar-refractivity contribution < 1.29 is 4.74 Å². The summed E-state index contributed by atoms with van der Waals surface area (Å²) in [5, 5.41) is 0. The van der Waals surface area contributed by atoms with Crippen molar-refractivity contribution in [2.75, 3.05) is 34.3 Å². The molecule has 118 valence electrons. The fourth-order valence-corrected chi connectivity index (χ4v) is 3.28. The molecule has 0 aromatic heterocycles. The SMILES string of the molecule is COc1ccc(C(C)CN(C)C2CCN(C)C(C)C2)cc1. The third kappa shape index (κ3) is 4.21. The maximum Gasteiger partial charge on any atom is 0.118 e. The van der Waals surface area contributed by atoms with Crippen LogP contribution >= 0.6 is 0 Å². The van der Waals surface area contributed by atoms with Crippen LogP contribution in [0.2, 0.25) is 0 Å². The number of rotatable bonds is 5. The zero-order chi connectivity index (χ0) is 15.4. The summed E-state index contributed by atoms with van der Waals surface area (Å²) in [7, 11) is 6.23. The Balaban J connectivity index is 1.90. The van der Waals surface area contributed by atoms with Crippen molar-refractivity contribution in [3.8, 4) is 5.75 Å². The van der Waals surface area contributed by atoms with Gasteiger partial charge in [-0.25, -0.2) is 0 Å². The van der Waals surface area contributed by atoms with E-state index in [1.165, 1.54) is 24.9 Å². The van der Waals surface area contributed by atoms with Crippen molar-refractivity contribution >= 4 is 0 Å². The molecule has 0 N–H and O–H groups in total. The van der Waals surface area contributed by atoms with Crippen LogP contribution in [0, 0.1) is 0 Å². The molecule has 0 spiro atoms. The minimum atomic E-state index is 0.552. The molecule has 3 nitrogen and oxygen atoms in total. The van der Waals surface area contributed by atoms with Gasteiger partial charge in [0.2, 0.25) is 0 Å². The van der Waals surface area contributed by atoms with E-state index in [9.17, 15) is 0 Å². The number of likely N-dealkylation sites (N-methyl/N-ethyl adjacent to an activating group) is 1. The van der Waals surface area contributed by atoms with Crippen LogP contribution in [0.1, 0.15) is 38.2 Å². The maximum atomic E-state index is 5.23. The van der Waals surface area contributed by atoms with Crippen LogP contribution in [0.3, 0.4) is 0 Å². The van der Waals surface area contributed by atoms with E-state index in [1.807, 2.05) is 0 Å². The van der Waals surface area contributed by atoms with Gasteiger partial charge in [-0.15, -0.1) is 0 Å². The van der Waals surface area contributed by atoms with Crippen molar-refractivity contribution in [1.29, 1.82) is 0 Å². The molecule has 21 heavy (non-hydrogen) atoms. The number of methoxy groups -OCH3 is 1. The van der Waals surface area contributed by atoms with Gasteiger partial charge in [0.1, 0.15) is 5.75 Å². The van der Waals surface area contributed by atoms with Crippen LogP contribution in [0.25, 0.3) is 0 Å². The Bertz CT molecular complexity index is 431. The molecule has 2 rings (SSSR count). The number of likely N-dealkylation sites (tertiary alicyclic amines) is 1. The number of hydrogen-bond donors (Lipinski definition) is 0. The highest BCUT2D eigenvalue weighted by molar-refractivity contribution is 5.29. The Labute approximate surface area is 129 Å². The summed E-state index contributed by atoms with van der Waals surface area (Å²) in [6, 6.07) is 9.91. The van der Waals surface area contributed by atoms with Crippen LogP contribution in [0.4, 0.5) is 0 Å². The van der Waals surface area contributed by atoms with Gasteiger partial charge in [-0.05, 0) is 64.0 Å². The van der Waals surface area contributed by atoms with E-state index >= 15 is 0 Å². The molecule has 0 saturated carbocycles. The second kappa shape index (κ2) is 7.28. The number of piperidine rings is 1. The minimum absolute atomic E-state index is 0.552. The smallest absolute Gasteiger partial charge is 0.118 e. The summed E-state index contributed by atoms with van der Waals surface area (Å²) >= 11 is 0. The standard InChI is InChI=1S/C18H30N2O/c1-14(16-6-8-18(21-5)9-7-16)13-20(4)17-10-11-19(3)15(2)12-17/h6-9,14-15,17H,10-13H2,1-5H3. The summed E-state index contributed by atoms with van der Waals surface area (Å²) in [6.07, 6.45) is 2.56. The zero-order valence-corrected chi connectivity index (χ0v) is 14.2. The molecule has 0 amide bonds. The quantitative estimate of drug-likeness (QED) is 0.828. The lowest BCUT2D eigenvalue weighted by molar-refractivity contribution is 0.102. The fourth-order valence-electron chi connectivity index (χ4n) is 3.28. The van der Waals surface area contributed by atoms with Crippen LogP contribution < -0.4 is 4.74 Å². The van der Waals surface area contributed by atoms with E-state index in [0.29, 0.717) is 12.0 Å². The van der Waals surface area contributed by atoms with E-state index < -0.39 is 0 Å². The number of benzene rings is 1. The van der Waals surface area contributed by atoms with Crippen LogP contribution in [0.5, 0.6) is 5.75 Å². The van der Waals surface area contributed by atoms with E-state index in [1.54, 1.807) is 7.11 Å². The molecule has 3 heteroatoms. The fraction of sp³-hybridized carbons (Fsp3) is 0.667. The first-order valence-electron chi connectivity index (χ1n) is 8.05. The first-order chi connectivity index (χ1) is 10.0. The molecule has 1 aliphatic rings. The van der Waals surface area contributed by atoms with E-state index in [2.05, 4.69) is 62.0 Å². The Morgan fingerprint density at radius 3 is 2.57 bits per heavy atom. The molecule has 0 bridgehead atoms. The van der Waals surface area contributed by atoms with E-state index in [-0.39, 0.29) is 0 Å². The maximum absolute atomic E-state index is 5.23. The largest absolute Gasteiger partial charge is 0.497 e. The van der Waals surface area contributed by atoms with Gasteiger partial charge >= 0.3 is 0 Å². The number of ether oxygens (including phenoxy) is 1. The average molecular weight is 290 g/mol. The minimum Gasteiger partial charge on any atom is -0.497 e. The third-order valence-corrected chi connectivity index (χ3v) is 5.05. The molecule has 3 unspecified atom stereocenters. The lowest BCUT2D eigenvalue weighted by Gasteiger charge is -2.40. The van der Waals surface area contributed by atoms with Gasteiger partial charge in [-0.2, -0.15) is 0 Å². The van der Waals surface area contributed by atoms with Gasteiger partial charge < -0.3 is 14.5 Å². The Hall–Kier alpha value is -1.06. The molecule has 1 aromatic rings. The predicted molar refractivity (Wildman–Crippen MR) is 89.2 cm³/mol. The monoisotopic (exact) mass is 290 g/mol. The van der Waals surface area contributed by atoms with Crippen molar-refractivity contribution in [2.24, 2.45) is 0 Å². The molecular weight excluding hydrogens is 260 g/mol. The third-order valence-electron chi connectivity index (χ3n) is 5.05. The molecule has 1 heterocycles.